The maximum Gasteiger partial charge on any atom is 0.519 e. The van der Waals surface area contributed by atoms with Crippen molar-refractivity contribution in [2.75, 3.05) is 31.1 Å². The van der Waals surface area contributed by atoms with E-state index in [1.807, 2.05) is 0 Å². The zero-order valence-corrected chi connectivity index (χ0v) is 26.4. The third kappa shape index (κ3) is 5.83. The molecule has 4 aliphatic heterocycles. The predicted octanol–water partition coefficient (Wildman–Crippen LogP) is -1.52. The number of likely N-dealkylation sites (tertiary alicyclic amines) is 2. The van der Waals surface area contributed by atoms with Gasteiger partial charge in [-0.3, -0.25) is 23.5 Å². The number of nitrogens with two attached hydrogens (primary N) is 1. The summed E-state index contributed by atoms with van der Waals surface area (Å²) in [5.41, 5.74) is 4.61. The maximum atomic E-state index is 13.4. The zero-order valence-electron chi connectivity index (χ0n) is 24.8. The second-order valence-electron chi connectivity index (χ2n) is 11.0. The molecule has 4 aliphatic rings. The Kier molecular flexibility index (Phi) is 8.59. The summed E-state index contributed by atoms with van der Waals surface area (Å²) in [6.07, 6.45) is 1.34. The quantitative estimate of drug-likeness (QED) is 0.0797. The van der Waals surface area contributed by atoms with Crippen molar-refractivity contribution < 1.29 is 52.1 Å². The van der Waals surface area contributed by atoms with E-state index in [1.54, 1.807) is 4.90 Å². The number of carbonyl (C=O) groups is 5. The second kappa shape index (κ2) is 12.7. The summed E-state index contributed by atoms with van der Waals surface area (Å²) in [4.78, 5) is 82.9. The molecule has 0 aliphatic carbocycles. The molecule has 0 aromatic carbocycles. The number of anilines is 1. The van der Waals surface area contributed by atoms with Gasteiger partial charge < -0.3 is 44.7 Å². The molecule has 22 heteroatoms. The molecular weight excluding hydrogens is 680 g/mol. The summed E-state index contributed by atoms with van der Waals surface area (Å²) in [7, 11) is -1.91. The molecule has 20 nitrogen and oxygen atoms in total. The van der Waals surface area contributed by atoms with Crippen molar-refractivity contribution in [3.05, 3.63) is 50.9 Å². The number of carboxylic acids is 1. The Hall–Kier alpha value is -5.38. The summed E-state index contributed by atoms with van der Waals surface area (Å²) in [5.74, 6) is -5.12. The molecule has 6 heterocycles. The topological polar surface area (TPSA) is 281 Å². The van der Waals surface area contributed by atoms with Crippen LogP contribution in [-0.2, 0) is 41.3 Å². The standard InChI is InChI=1S/C26H26N8O12S2/c1-10-14(46-26(41)45-10)8-44-25(40)32-4-3-13(7-32)33-5-2-11(20(33)36)6-12-9-48(43)22-16(21(37)34(22)17(12)23(38)39)28-19(35)15(30-42)18-29-24(27)47-31-18/h6,13,16,22,42H,2-5,7-9H2,1H3,(H,28,35)(H,38,39)(H2,27,29,31)/b11-6?,30-15-/t13-,16-,22-,48-/m1/s1. The van der Waals surface area contributed by atoms with Crippen LogP contribution in [0.1, 0.15) is 30.2 Å². The van der Waals surface area contributed by atoms with Gasteiger partial charge in [0, 0.05) is 36.7 Å². The van der Waals surface area contributed by atoms with Crippen molar-refractivity contribution in [3.63, 3.8) is 0 Å². The van der Waals surface area contributed by atoms with E-state index in [9.17, 15) is 43.3 Å². The summed E-state index contributed by atoms with van der Waals surface area (Å²) >= 11 is 0.733. The van der Waals surface area contributed by atoms with Crippen LogP contribution in [0.3, 0.4) is 0 Å². The number of fused-ring (bicyclic) bond motifs is 1. The number of allylic oxidation sites excluding steroid dienone is 1. The lowest BCUT2D eigenvalue weighted by atomic mass is 10.0. The van der Waals surface area contributed by atoms with Crippen LogP contribution in [0.5, 0.6) is 0 Å². The van der Waals surface area contributed by atoms with E-state index in [-0.39, 0.29) is 71.5 Å². The minimum atomic E-state index is -1.91. The van der Waals surface area contributed by atoms with Crippen molar-refractivity contribution in [1.82, 2.24) is 29.4 Å². The van der Waals surface area contributed by atoms with Crippen LogP contribution in [0, 0.1) is 6.92 Å². The van der Waals surface area contributed by atoms with Crippen molar-refractivity contribution in [3.8, 4) is 0 Å². The Bertz CT molecular complexity index is 1910. The minimum absolute atomic E-state index is 0.00187. The number of carboxylic acid groups (broad SMARTS) is 1. The molecule has 0 saturated carbocycles. The molecule has 2 aromatic heterocycles. The molecule has 5 N–H and O–H groups in total. The normalized spacial score (nSPS) is 25.1. The fourth-order valence-corrected chi connectivity index (χ4v) is 7.93. The van der Waals surface area contributed by atoms with E-state index < -0.39 is 69.2 Å². The van der Waals surface area contributed by atoms with E-state index in [0.29, 0.717) is 13.0 Å². The van der Waals surface area contributed by atoms with Crippen LogP contribution < -0.4 is 16.9 Å². The number of aryl methyl sites for hydroxylation is 1. The average Bonchev–Trinajstić information content (AvgIpc) is 3.83. The number of rotatable bonds is 8. The highest BCUT2D eigenvalue weighted by Crippen LogP contribution is 2.37. The van der Waals surface area contributed by atoms with Crippen molar-refractivity contribution in [2.45, 2.75) is 43.8 Å². The number of amides is 4. The average molecular weight is 707 g/mol. The third-order valence-corrected chi connectivity index (χ3v) is 10.3. The number of nitrogens with one attached hydrogen (secondary N) is 1. The summed E-state index contributed by atoms with van der Waals surface area (Å²) < 4.78 is 31.9. The van der Waals surface area contributed by atoms with Gasteiger partial charge in [-0.25, -0.2) is 14.4 Å². The third-order valence-electron chi connectivity index (χ3n) is 8.14. The molecule has 3 saturated heterocycles. The SMILES string of the molecule is Cc1oc(=O)oc1COC(=O)N1CC[C@@H](N2CCC(=CC3=C(C(=O)O)N4C(=O)[C@@H](NC(=O)/C(=N\O)c5nsc(N)n5)[C@H]4[S@](=O)C3)C2=O)C1. The van der Waals surface area contributed by atoms with Crippen LogP contribution >= 0.6 is 11.5 Å². The number of hydrogen-bond acceptors (Lipinski definition) is 16. The van der Waals surface area contributed by atoms with E-state index in [2.05, 4.69) is 19.8 Å². The number of oxime groups is 1. The molecule has 254 valence electrons. The van der Waals surface area contributed by atoms with Gasteiger partial charge in [0.05, 0.1) is 22.6 Å². The molecule has 2 aromatic rings. The fourth-order valence-electron chi connectivity index (χ4n) is 5.86. The van der Waals surface area contributed by atoms with Crippen molar-refractivity contribution >= 4 is 63.0 Å². The largest absolute Gasteiger partial charge is 0.519 e. The van der Waals surface area contributed by atoms with E-state index in [0.717, 1.165) is 16.4 Å². The Balaban J connectivity index is 1.12. The zero-order chi connectivity index (χ0) is 34.4. The van der Waals surface area contributed by atoms with Gasteiger partial charge in [0.1, 0.15) is 17.1 Å². The van der Waals surface area contributed by atoms with E-state index in [1.165, 1.54) is 17.9 Å². The van der Waals surface area contributed by atoms with E-state index >= 15 is 0 Å². The second-order valence-corrected chi connectivity index (χ2v) is 13.3. The number of ether oxygens (including phenoxy) is 1. The van der Waals surface area contributed by atoms with Gasteiger partial charge >= 0.3 is 17.9 Å². The molecule has 0 spiro atoms. The molecular formula is C26H26N8O12S2. The highest BCUT2D eigenvalue weighted by molar-refractivity contribution is 7.86. The number of aromatic nitrogens is 2. The minimum Gasteiger partial charge on any atom is -0.477 e. The highest BCUT2D eigenvalue weighted by atomic mass is 32.2. The Labute approximate surface area is 275 Å². The van der Waals surface area contributed by atoms with Crippen LogP contribution in [0.25, 0.3) is 0 Å². The maximum absolute atomic E-state index is 13.4. The lowest BCUT2D eigenvalue weighted by Crippen LogP contribution is -2.74. The first-order chi connectivity index (χ1) is 22.9. The molecule has 4 amide bonds. The Morgan fingerprint density at radius 1 is 1.25 bits per heavy atom. The number of aliphatic carboxylic acids is 1. The highest BCUT2D eigenvalue weighted by Gasteiger charge is 2.57. The Morgan fingerprint density at radius 2 is 2.02 bits per heavy atom. The lowest BCUT2D eigenvalue weighted by Gasteiger charge is -2.48. The van der Waals surface area contributed by atoms with Crippen LogP contribution in [0.2, 0.25) is 0 Å². The van der Waals surface area contributed by atoms with Crippen molar-refractivity contribution in [1.29, 1.82) is 0 Å². The number of nitrogens with zero attached hydrogens (tertiary/aromatic N) is 6. The predicted molar refractivity (Wildman–Crippen MR) is 159 cm³/mol. The smallest absolute Gasteiger partial charge is 0.477 e. The van der Waals surface area contributed by atoms with Gasteiger partial charge in [0.15, 0.2) is 23.3 Å². The first kappa shape index (κ1) is 32.6. The van der Waals surface area contributed by atoms with Crippen LogP contribution in [0.4, 0.5) is 9.93 Å². The van der Waals surface area contributed by atoms with Gasteiger partial charge in [-0.05, 0) is 31.4 Å². The fraction of sp³-hybridized carbons (Fsp3) is 0.423. The molecule has 48 heavy (non-hydrogen) atoms. The van der Waals surface area contributed by atoms with Crippen LogP contribution in [-0.4, -0.2) is 117 Å². The number of carbonyl (C=O) groups excluding carboxylic acids is 4. The Morgan fingerprint density at radius 3 is 2.67 bits per heavy atom. The number of hydrogen-bond donors (Lipinski definition) is 4. The van der Waals surface area contributed by atoms with Crippen LogP contribution in [0.15, 0.2) is 41.7 Å². The number of nitrogen functional groups attached to an aromatic ring is 1. The molecule has 4 atom stereocenters. The monoisotopic (exact) mass is 706 g/mol. The van der Waals surface area contributed by atoms with Gasteiger partial charge in [-0.2, -0.15) is 9.36 Å². The first-order valence-electron chi connectivity index (χ1n) is 14.2. The lowest BCUT2D eigenvalue weighted by molar-refractivity contribution is -0.150. The molecule has 3 fully saturated rings. The summed E-state index contributed by atoms with van der Waals surface area (Å²) in [5, 5.41) is 23.3. The summed E-state index contributed by atoms with van der Waals surface area (Å²) in [6.45, 7) is 1.94. The molecule has 0 radical (unpaired) electrons. The molecule has 0 bridgehead atoms. The molecule has 0 unspecified atom stereocenters. The van der Waals surface area contributed by atoms with E-state index in [4.69, 9.17) is 19.3 Å². The number of β-lactam (4-membered cyclic amide) rings is 1. The molecule has 6 rings (SSSR count). The first-order valence-corrected chi connectivity index (χ1v) is 16.3. The van der Waals surface area contributed by atoms with Gasteiger partial charge in [-0.1, -0.05) is 5.16 Å². The van der Waals surface area contributed by atoms with Crippen molar-refractivity contribution in [2.24, 2.45) is 5.16 Å². The summed E-state index contributed by atoms with van der Waals surface area (Å²) in [6, 6.07) is -1.76. The van der Waals surface area contributed by atoms with Gasteiger partial charge in [-0.15, -0.1) is 0 Å². The van der Waals surface area contributed by atoms with Gasteiger partial charge in [0.25, 0.3) is 11.8 Å². The van der Waals surface area contributed by atoms with Gasteiger partial charge in [0.2, 0.25) is 17.4 Å².